The molecule has 9 heteroatoms. The fourth-order valence-electron chi connectivity index (χ4n) is 1.97. The lowest BCUT2D eigenvalue weighted by Crippen LogP contribution is -2.27. The largest absolute Gasteiger partial charge is 0.619 e. The first-order valence-electron chi connectivity index (χ1n) is 6.71. The van der Waals surface area contributed by atoms with Gasteiger partial charge in [-0.25, -0.2) is 9.37 Å². The van der Waals surface area contributed by atoms with Crippen molar-refractivity contribution in [3.05, 3.63) is 35.2 Å². The number of nitrogens with zero attached hydrogens (tertiary/aromatic N) is 3. The summed E-state index contributed by atoms with van der Waals surface area (Å²) in [6.07, 6.45) is 3.77. The van der Waals surface area contributed by atoms with Gasteiger partial charge in [0.05, 0.1) is 23.9 Å². The van der Waals surface area contributed by atoms with Crippen LogP contribution in [0, 0.1) is 17.9 Å². The van der Waals surface area contributed by atoms with E-state index in [1.54, 1.807) is 20.2 Å². The number of aromatic nitrogens is 2. The number of halogens is 1. The van der Waals surface area contributed by atoms with Crippen molar-refractivity contribution >= 4 is 33.4 Å². The van der Waals surface area contributed by atoms with E-state index in [0.717, 1.165) is 6.20 Å². The van der Waals surface area contributed by atoms with Gasteiger partial charge in [0, 0.05) is 7.05 Å². The normalized spacial score (nSPS) is 12.2. The monoisotopic (exact) mass is 357 g/mol. The van der Waals surface area contributed by atoms with Gasteiger partial charge in [-0.3, -0.25) is 4.79 Å². The molecule has 2 heterocycles. The van der Waals surface area contributed by atoms with Crippen LogP contribution in [0.25, 0.3) is 10.6 Å². The summed E-state index contributed by atoms with van der Waals surface area (Å²) in [6.45, 7) is 1.74. The molecule has 2 aromatic heterocycles. The SMILES string of the molecule is Cc1nc(-c2cc(F)c[n+]([O-])c2)sc1N(C)C(=O)CC[S+](C)[O-]. The van der Waals surface area contributed by atoms with E-state index in [1.807, 2.05) is 0 Å². The summed E-state index contributed by atoms with van der Waals surface area (Å²) in [6, 6.07) is 1.22. The highest BCUT2D eigenvalue weighted by Gasteiger charge is 2.20. The molecule has 0 aliphatic heterocycles. The minimum absolute atomic E-state index is 0.170. The maximum Gasteiger partial charge on any atom is 0.232 e. The van der Waals surface area contributed by atoms with Gasteiger partial charge >= 0.3 is 0 Å². The van der Waals surface area contributed by atoms with Crippen LogP contribution in [-0.2, 0) is 16.0 Å². The van der Waals surface area contributed by atoms with Crippen LogP contribution < -0.4 is 9.63 Å². The van der Waals surface area contributed by atoms with E-state index in [-0.39, 0.29) is 12.3 Å². The van der Waals surface area contributed by atoms with Crippen LogP contribution in [0.1, 0.15) is 12.1 Å². The van der Waals surface area contributed by atoms with Crippen LogP contribution in [0.4, 0.5) is 9.39 Å². The number of anilines is 1. The predicted octanol–water partition coefficient (Wildman–Crippen LogP) is 1.62. The Morgan fingerprint density at radius 3 is 2.83 bits per heavy atom. The van der Waals surface area contributed by atoms with Crippen LogP contribution in [0.15, 0.2) is 18.5 Å². The minimum Gasteiger partial charge on any atom is -0.619 e. The molecule has 0 saturated carbocycles. The number of rotatable bonds is 5. The first-order valence-corrected chi connectivity index (χ1v) is 9.26. The van der Waals surface area contributed by atoms with Gasteiger partial charge in [0.2, 0.25) is 12.1 Å². The van der Waals surface area contributed by atoms with Crippen LogP contribution in [-0.4, -0.2) is 34.5 Å². The molecule has 124 valence electrons. The fraction of sp³-hybridized carbons (Fsp3) is 0.357. The smallest absolute Gasteiger partial charge is 0.232 e. The molecule has 0 aliphatic carbocycles. The molecular weight excluding hydrogens is 341 g/mol. The van der Waals surface area contributed by atoms with Gasteiger partial charge in [-0.1, -0.05) is 22.5 Å². The van der Waals surface area contributed by atoms with Crippen molar-refractivity contribution < 1.29 is 18.5 Å². The highest BCUT2D eigenvalue weighted by Crippen LogP contribution is 2.33. The Kier molecular flexibility index (Phi) is 5.55. The molecule has 1 unspecified atom stereocenters. The van der Waals surface area contributed by atoms with Crippen LogP contribution in [0.3, 0.4) is 0 Å². The number of carbonyl (C=O) groups is 1. The summed E-state index contributed by atoms with van der Waals surface area (Å²) < 4.78 is 24.8. The topological polar surface area (TPSA) is 83.2 Å². The molecule has 0 aliphatic rings. The van der Waals surface area contributed by atoms with Crippen molar-refractivity contribution in [3.63, 3.8) is 0 Å². The molecule has 0 spiro atoms. The van der Waals surface area contributed by atoms with Gasteiger partial charge in [0.15, 0.2) is 12.0 Å². The van der Waals surface area contributed by atoms with Gasteiger partial charge in [-0.05, 0) is 13.0 Å². The standard InChI is InChI=1S/C14H16FN3O3S2/c1-9-14(17(2)12(19)4-5-23(3)21)22-13(16-9)10-6-11(15)8-18(20)7-10/h6-8H,4-5H2,1-3H3. The highest BCUT2D eigenvalue weighted by atomic mass is 32.2. The summed E-state index contributed by atoms with van der Waals surface area (Å²) in [5.74, 6) is -0.521. The van der Waals surface area contributed by atoms with Crippen molar-refractivity contribution in [2.24, 2.45) is 0 Å². The van der Waals surface area contributed by atoms with Gasteiger partial charge in [-0.15, -0.1) is 0 Å². The Morgan fingerprint density at radius 1 is 1.52 bits per heavy atom. The van der Waals surface area contributed by atoms with Crippen LogP contribution in [0.2, 0.25) is 0 Å². The van der Waals surface area contributed by atoms with E-state index in [4.69, 9.17) is 0 Å². The summed E-state index contributed by atoms with van der Waals surface area (Å²) in [5.41, 5.74) is 0.968. The third kappa shape index (κ3) is 4.40. The Morgan fingerprint density at radius 2 is 2.22 bits per heavy atom. The van der Waals surface area contributed by atoms with Gasteiger partial charge in [0.1, 0.15) is 15.8 Å². The van der Waals surface area contributed by atoms with Crippen molar-refractivity contribution in [3.8, 4) is 10.6 Å². The third-order valence-corrected chi connectivity index (χ3v) is 5.17. The van der Waals surface area contributed by atoms with E-state index in [0.29, 0.717) is 31.7 Å². The number of amides is 1. The van der Waals surface area contributed by atoms with Crippen molar-refractivity contribution in [1.29, 1.82) is 0 Å². The van der Waals surface area contributed by atoms with E-state index in [9.17, 15) is 18.9 Å². The van der Waals surface area contributed by atoms with Gasteiger partial charge in [-0.2, -0.15) is 4.73 Å². The molecule has 1 atom stereocenters. The molecule has 2 aromatic rings. The summed E-state index contributed by atoms with van der Waals surface area (Å²) in [5, 5.41) is 12.4. The molecule has 0 bridgehead atoms. The minimum atomic E-state index is -1.03. The quantitative estimate of drug-likeness (QED) is 0.462. The van der Waals surface area contributed by atoms with E-state index in [1.165, 1.54) is 28.5 Å². The van der Waals surface area contributed by atoms with Gasteiger partial charge < -0.3 is 14.7 Å². The second-order valence-electron chi connectivity index (χ2n) is 4.99. The number of hydrogen-bond donors (Lipinski definition) is 0. The number of hydrogen-bond acceptors (Lipinski definition) is 5. The molecule has 0 fully saturated rings. The maximum atomic E-state index is 13.3. The molecular formula is C14H16FN3O3S2. The van der Waals surface area contributed by atoms with E-state index < -0.39 is 17.0 Å². The lowest BCUT2D eigenvalue weighted by molar-refractivity contribution is -0.606. The Bertz CT molecular complexity index is 701. The molecule has 0 radical (unpaired) electrons. The molecule has 6 nitrogen and oxygen atoms in total. The number of aryl methyl sites for hydroxylation is 1. The zero-order chi connectivity index (χ0) is 17.1. The molecule has 1 amide bonds. The van der Waals surface area contributed by atoms with E-state index in [2.05, 4.69) is 4.98 Å². The second-order valence-corrected chi connectivity index (χ2v) is 7.52. The van der Waals surface area contributed by atoms with Crippen LogP contribution >= 0.6 is 11.3 Å². The van der Waals surface area contributed by atoms with Crippen LogP contribution in [0.5, 0.6) is 0 Å². The summed E-state index contributed by atoms with van der Waals surface area (Å²) in [4.78, 5) is 17.9. The molecule has 0 N–H and O–H groups in total. The number of thiazole rings is 1. The summed E-state index contributed by atoms with van der Waals surface area (Å²) >= 11 is 0.167. The number of pyridine rings is 1. The first-order chi connectivity index (χ1) is 10.8. The fourth-order valence-corrected chi connectivity index (χ4v) is 3.46. The van der Waals surface area contributed by atoms with Crippen molar-refractivity contribution in [2.75, 3.05) is 24.0 Å². The molecule has 0 saturated heterocycles. The first kappa shape index (κ1) is 17.6. The highest BCUT2D eigenvalue weighted by molar-refractivity contribution is 7.90. The lowest BCUT2D eigenvalue weighted by Gasteiger charge is -2.15. The Hall–Kier alpha value is -1.71. The third-order valence-electron chi connectivity index (χ3n) is 3.11. The van der Waals surface area contributed by atoms with E-state index >= 15 is 0 Å². The molecule has 23 heavy (non-hydrogen) atoms. The molecule has 0 aromatic carbocycles. The Balaban J connectivity index is 2.25. The van der Waals surface area contributed by atoms with Crippen molar-refractivity contribution in [1.82, 2.24) is 4.98 Å². The molecule has 2 rings (SSSR count). The average molecular weight is 357 g/mol. The average Bonchev–Trinajstić information content (AvgIpc) is 2.85. The lowest BCUT2D eigenvalue weighted by atomic mass is 10.3. The van der Waals surface area contributed by atoms with Gasteiger partial charge in [0.25, 0.3) is 0 Å². The number of carbonyl (C=O) groups excluding carboxylic acids is 1. The maximum absolute atomic E-state index is 13.3. The zero-order valence-electron chi connectivity index (χ0n) is 12.9. The zero-order valence-corrected chi connectivity index (χ0v) is 14.5. The van der Waals surface area contributed by atoms with Crippen molar-refractivity contribution in [2.45, 2.75) is 13.3 Å². The second kappa shape index (κ2) is 7.24. The summed E-state index contributed by atoms with van der Waals surface area (Å²) in [7, 11) is 1.62. The Labute approximate surface area is 140 Å². The predicted molar refractivity (Wildman–Crippen MR) is 88.2 cm³/mol.